The third-order valence-corrected chi connectivity index (χ3v) is 4.37. The molecule has 0 radical (unpaired) electrons. The number of nitrogens with zero attached hydrogens (tertiary/aromatic N) is 2. The van der Waals surface area contributed by atoms with E-state index in [0.717, 1.165) is 31.5 Å². The molecule has 5 heteroatoms. The van der Waals surface area contributed by atoms with Crippen LogP contribution in [0.5, 0.6) is 0 Å². The molecule has 120 valence electrons. The zero-order chi connectivity index (χ0) is 16.1. The first kappa shape index (κ1) is 15.7. The van der Waals surface area contributed by atoms with Crippen molar-refractivity contribution in [2.24, 2.45) is 5.92 Å². The van der Waals surface area contributed by atoms with E-state index >= 15 is 0 Å². The van der Waals surface area contributed by atoms with Crippen LogP contribution in [0.15, 0.2) is 30.3 Å². The summed E-state index contributed by atoms with van der Waals surface area (Å²) in [4.78, 5) is 14.1. The molecule has 5 nitrogen and oxygen atoms in total. The molecule has 2 aliphatic heterocycles. The summed E-state index contributed by atoms with van der Waals surface area (Å²) in [5.74, 6) is 0.370. The second kappa shape index (κ2) is 7.40. The number of carbonyl (C=O) groups excluding carboxylic acids is 1. The van der Waals surface area contributed by atoms with Crippen LogP contribution in [-0.2, 0) is 14.3 Å². The zero-order valence-corrected chi connectivity index (χ0v) is 13.0. The average molecular weight is 312 g/mol. The van der Waals surface area contributed by atoms with E-state index in [0.29, 0.717) is 24.7 Å². The summed E-state index contributed by atoms with van der Waals surface area (Å²) >= 11 is 0. The number of carbonyl (C=O) groups is 1. The fourth-order valence-corrected chi connectivity index (χ4v) is 3.05. The number of ether oxygens (including phenoxy) is 2. The van der Waals surface area contributed by atoms with Gasteiger partial charge >= 0.3 is 0 Å². The minimum Gasteiger partial charge on any atom is -0.350 e. The lowest BCUT2D eigenvalue weighted by molar-refractivity contribution is -0.131. The summed E-state index contributed by atoms with van der Waals surface area (Å²) in [7, 11) is 0. The first-order valence-corrected chi connectivity index (χ1v) is 7.97. The minimum atomic E-state index is -0.0923. The number of rotatable bonds is 3. The molecule has 2 fully saturated rings. The molecule has 0 atom stereocenters. The molecule has 0 bridgehead atoms. The second-order valence-corrected chi connectivity index (χ2v) is 5.81. The first-order chi connectivity index (χ1) is 11.3. The fraction of sp³-hybridized carbons (Fsp3) is 0.444. The van der Waals surface area contributed by atoms with Crippen LogP contribution >= 0.6 is 0 Å². The smallest absolute Gasteiger partial charge is 0.246 e. The molecule has 3 rings (SSSR count). The first-order valence-electron chi connectivity index (χ1n) is 7.97. The van der Waals surface area contributed by atoms with Crippen LogP contribution in [0.3, 0.4) is 0 Å². The highest BCUT2D eigenvalue weighted by Crippen LogP contribution is 2.26. The lowest BCUT2D eigenvalue weighted by atomic mass is 9.96. The molecular formula is C18H20N2O3. The molecule has 0 spiro atoms. The van der Waals surface area contributed by atoms with E-state index in [1.165, 1.54) is 0 Å². The maximum atomic E-state index is 12.3. The van der Waals surface area contributed by atoms with Crippen LogP contribution in [0.25, 0.3) is 6.08 Å². The Balaban J connectivity index is 1.55. The summed E-state index contributed by atoms with van der Waals surface area (Å²) in [6.45, 7) is 2.78. The summed E-state index contributed by atoms with van der Waals surface area (Å²) in [6.07, 6.45) is 4.98. The predicted molar refractivity (Wildman–Crippen MR) is 85.2 cm³/mol. The standard InChI is InChI=1S/C18H20N2O3/c19-13-16-4-2-1-3-14(16)5-6-17(21)20-9-7-15(8-10-20)18-22-11-12-23-18/h1-6,15,18H,7-12H2/b6-5+. The number of likely N-dealkylation sites (tertiary alicyclic amines) is 1. The normalized spacial score (nSPS) is 20.0. The molecule has 23 heavy (non-hydrogen) atoms. The third kappa shape index (κ3) is 3.79. The number of hydrogen-bond donors (Lipinski definition) is 0. The number of nitriles is 1. The van der Waals surface area contributed by atoms with Crippen molar-refractivity contribution in [3.8, 4) is 6.07 Å². The molecule has 2 heterocycles. The molecule has 0 N–H and O–H groups in total. The van der Waals surface area contributed by atoms with Gasteiger partial charge in [-0.1, -0.05) is 18.2 Å². The van der Waals surface area contributed by atoms with Gasteiger partial charge < -0.3 is 14.4 Å². The third-order valence-electron chi connectivity index (χ3n) is 4.37. The van der Waals surface area contributed by atoms with Crippen LogP contribution in [-0.4, -0.2) is 43.4 Å². The van der Waals surface area contributed by atoms with Gasteiger partial charge in [0.15, 0.2) is 6.29 Å². The van der Waals surface area contributed by atoms with E-state index in [1.54, 1.807) is 18.2 Å². The number of benzene rings is 1. The molecule has 0 aliphatic carbocycles. The van der Waals surface area contributed by atoms with E-state index < -0.39 is 0 Å². The van der Waals surface area contributed by atoms with Gasteiger partial charge in [-0.3, -0.25) is 4.79 Å². The predicted octanol–water partition coefficient (Wildman–Crippen LogP) is 2.18. The SMILES string of the molecule is N#Cc1ccccc1/C=C/C(=O)N1CCC(C2OCCO2)CC1. The highest BCUT2D eigenvalue weighted by atomic mass is 16.7. The monoisotopic (exact) mass is 312 g/mol. The maximum absolute atomic E-state index is 12.3. The molecule has 1 aromatic carbocycles. The van der Waals surface area contributed by atoms with Gasteiger partial charge in [-0.2, -0.15) is 5.26 Å². The van der Waals surface area contributed by atoms with Gasteiger partial charge in [-0.15, -0.1) is 0 Å². The Labute approximate surface area is 136 Å². The molecule has 0 aromatic heterocycles. The van der Waals surface area contributed by atoms with Gasteiger partial charge in [0, 0.05) is 25.1 Å². The Morgan fingerprint density at radius 3 is 2.61 bits per heavy atom. The van der Waals surface area contributed by atoms with E-state index in [-0.39, 0.29) is 12.2 Å². The topological polar surface area (TPSA) is 62.6 Å². The summed E-state index contributed by atoms with van der Waals surface area (Å²) in [5, 5.41) is 9.06. The van der Waals surface area contributed by atoms with Crippen molar-refractivity contribution in [1.82, 2.24) is 4.90 Å². The van der Waals surface area contributed by atoms with Crippen LogP contribution in [0.2, 0.25) is 0 Å². The number of hydrogen-bond acceptors (Lipinski definition) is 4. The van der Waals surface area contributed by atoms with Gasteiger partial charge in [0.25, 0.3) is 0 Å². The van der Waals surface area contributed by atoms with Crippen LogP contribution in [0.4, 0.5) is 0 Å². The average Bonchev–Trinajstić information content (AvgIpc) is 3.14. The Kier molecular flexibility index (Phi) is 5.06. The van der Waals surface area contributed by atoms with Crippen molar-refractivity contribution in [3.05, 3.63) is 41.5 Å². The van der Waals surface area contributed by atoms with E-state index in [9.17, 15) is 4.79 Å². The van der Waals surface area contributed by atoms with Crippen molar-refractivity contribution in [2.45, 2.75) is 19.1 Å². The molecule has 0 saturated carbocycles. The summed E-state index contributed by atoms with van der Waals surface area (Å²) < 4.78 is 11.1. The quantitative estimate of drug-likeness (QED) is 0.803. The Hall–Kier alpha value is -2.16. The van der Waals surface area contributed by atoms with E-state index in [2.05, 4.69) is 6.07 Å². The number of piperidine rings is 1. The molecule has 1 aromatic rings. The largest absolute Gasteiger partial charge is 0.350 e. The second-order valence-electron chi connectivity index (χ2n) is 5.81. The molecule has 2 aliphatic rings. The highest BCUT2D eigenvalue weighted by Gasteiger charge is 2.31. The van der Waals surface area contributed by atoms with Crippen molar-refractivity contribution in [3.63, 3.8) is 0 Å². The fourth-order valence-electron chi connectivity index (χ4n) is 3.05. The molecular weight excluding hydrogens is 292 g/mol. The Morgan fingerprint density at radius 1 is 1.22 bits per heavy atom. The summed E-state index contributed by atoms with van der Waals surface area (Å²) in [6, 6.07) is 9.39. The maximum Gasteiger partial charge on any atom is 0.246 e. The van der Waals surface area contributed by atoms with E-state index in [1.807, 2.05) is 23.1 Å². The van der Waals surface area contributed by atoms with Crippen LogP contribution < -0.4 is 0 Å². The van der Waals surface area contributed by atoms with Gasteiger partial charge in [0.05, 0.1) is 24.8 Å². The zero-order valence-electron chi connectivity index (χ0n) is 13.0. The molecule has 2 saturated heterocycles. The molecule has 0 unspecified atom stereocenters. The van der Waals surface area contributed by atoms with Gasteiger partial charge in [-0.05, 0) is 30.5 Å². The highest BCUT2D eigenvalue weighted by molar-refractivity contribution is 5.92. The minimum absolute atomic E-state index is 0.00977. The lowest BCUT2D eigenvalue weighted by Gasteiger charge is -2.33. The van der Waals surface area contributed by atoms with Crippen molar-refractivity contribution in [2.75, 3.05) is 26.3 Å². The van der Waals surface area contributed by atoms with Gasteiger partial charge in [0.1, 0.15) is 0 Å². The number of amides is 1. The summed E-state index contributed by atoms with van der Waals surface area (Å²) in [5.41, 5.74) is 1.34. The van der Waals surface area contributed by atoms with Crippen LogP contribution in [0, 0.1) is 17.2 Å². The van der Waals surface area contributed by atoms with Crippen molar-refractivity contribution >= 4 is 12.0 Å². The molecule has 1 amide bonds. The van der Waals surface area contributed by atoms with Gasteiger partial charge in [0.2, 0.25) is 5.91 Å². The van der Waals surface area contributed by atoms with Crippen LogP contribution in [0.1, 0.15) is 24.0 Å². The Bertz CT molecular complexity index is 621. The van der Waals surface area contributed by atoms with Gasteiger partial charge in [-0.25, -0.2) is 0 Å². The Morgan fingerprint density at radius 2 is 1.91 bits per heavy atom. The van der Waals surface area contributed by atoms with Crippen molar-refractivity contribution in [1.29, 1.82) is 5.26 Å². The van der Waals surface area contributed by atoms with E-state index in [4.69, 9.17) is 14.7 Å². The lowest BCUT2D eigenvalue weighted by Crippen LogP contribution is -2.40. The van der Waals surface area contributed by atoms with Crippen molar-refractivity contribution < 1.29 is 14.3 Å².